The van der Waals surface area contributed by atoms with Crippen LogP contribution in [0.1, 0.15) is 21.6 Å². The maximum absolute atomic E-state index is 13.8. The Bertz CT molecular complexity index is 1220. The molecule has 0 aliphatic carbocycles. The van der Waals surface area contributed by atoms with Crippen molar-refractivity contribution in [3.8, 4) is 22.7 Å². The van der Waals surface area contributed by atoms with E-state index in [1.165, 1.54) is 10.7 Å². The molecule has 0 atom stereocenters. The highest BCUT2D eigenvalue weighted by Crippen LogP contribution is 2.26. The number of aryl methyl sites for hydroxylation is 1. The number of rotatable bonds is 6. The summed E-state index contributed by atoms with van der Waals surface area (Å²) in [6, 6.07) is 15.6. The molecule has 4 aromatic rings. The van der Waals surface area contributed by atoms with Gasteiger partial charge in [0.15, 0.2) is 5.69 Å². The Morgan fingerprint density at radius 3 is 2.68 bits per heavy atom. The molecule has 31 heavy (non-hydrogen) atoms. The zero-order chi connectivity index (χ0) is 21.8. The molecule has 0 bridgehead atoms. The minimum absolute atomic E-state index is 0.163. The number of amides is 1. The van der Waals surface area contributed by atoms with E-state index in [0.29, 0.717) is 34.8 Å². The number of ether oxygens (including phenoxy) is 1. The SMILES string of the molecule is COc1cccc(CNC(=O)c2nnn(-c3ccc(F)c(C)c3)c2-c2ccncc2)c1. The molecule has 8 heteroatoms. The highest BCUT2D eigenvalue weighted by molar-refractivity contribution is 5.98. The molecule has 0 saturated carbocycles. The van der Waals surface area contributed by atoms with Gasteiger partial charge in [-0.3, -0.25) is 9.78 Å². The van der Waals surface area contributed by atoms with Gasteiger partial charge in [0.1, 0.15) is 17.3 Å². The van der Waals surface area contributed by atoms with Crippen LogP contribution in [0, 0.1) is 12.7 Å². The topological polar surface area (TPSA) is 81.9 Å². The summed E-state index contributed by atoms with van der Waals surface area (Å²) in [7, 11) is 1.59. The number of benzene rings is 2. The van der Waals surface area contributed by atoms with Crippen LogP contribution in [-0.4, -0.2) is 33.0 Å². The summed E-state index contributed by atoms with van der Waals surface area (Å²) in [4.78, 5) is 17.0. The fourth-order valence-corrected chi connectivity index (χ4v) is 3.19. The van der Waals surface area contributed by atoms with Gasteiger partial charge in [0, 0.05) is 24.5 Å². The van der Waals surface area contributed by atoms with E-state index in [0.717, 1.165) is 5.56 Å². The van der Waals surface area contributed by atoms with E-state index in [9.17, 15) is 9.18 Å². The summed E-state index contributed by atoms with van der Waals surface area (Å²) in [5, 5.41) is 11.2. The van der Waals surface area contributed by atoms with Gasteiger partial charge in [-0.15, -0.1) is 5.10 Å². The van der Waals surface area contributed by atoms with E-state index in [1.807, 2.05) is 24.3 Å². The maximum Gasteiger partial charge on any atom is 0.274 e. The zero-order valence-corrected chi connectivity index (χ0v) is 17.0. The molecule has 2 aromatic heterocycles. The van der Waals surface area contributed by atoms with E-state index in [4.69, 9.17) is 4.74 Å². The quantitative estimate of drug-likeness (QED) is 0.517. The minimum atomic E-state index is -0.375. The number of pyridine rings is 1. The van der Waals surface area contributed by atoms with Crippen molar-refractivity contribution in [2.45, 2.75) is 13.5 Å². The summed E-state index contributed by atoms with van der Waals surface area (Å²) in [5.74, 6) is 0.0205. The molecule has 0 aliphatic rings. The van der Waals surface area contributed by atoms with Crippen LogP contribution >= 0.6 is 0 Å². The second-order valence-corrected chi connectivity index (χ2v) is 6.90. The van der Waals surface area contributed by atoms with E-state index >= 15 is 0 Å². The molecule has 156 valence electrons. The number of aromatic nitrogens is 4. The molecule has 0 saturated heterocycles. The molecule has 4 rings (SSSR count). The van der Waals surface area contributed by atoms with Gasteiger partial charge in [0.25, 0.3) is 5.91 Å². The van der Waals surface area contributed by atoms with Gasteiger partial charge in [-0.25, -0.2) is 9.07 Å². The lowest BCUT2D eigenvalue weighted by Crippen LogP contribution is -2.24. The van der Waals surface area contributed by atoms with E-state index in [1.54, 1.807) is 50.7 Å². The summed E-state index contributed by atoms with van der Waals surface area (Å²) in [5.41, 5.74) is 3.34. The third kappa shape index (κ3) is 4.28. The lowest BCUT2D eigenvalue weighted by molar-refractivity contribution is 0.0946. The van der Waals surface area contributed by atoms with Crippen molar-refractivity contribution in [1.29, 1.82) is 0 Å². The smallest absolute Gasteiger partial charge is 0.274 e. The van der Waals surface area contributed by atoms with Gasteiger partial charge in [-0.05, 0) is 60.5 Å². The summed E-state index contributed by atoms with van der Waals surface area (Å²) in [6.45, 7) is 1.97. The first-order valence-electron chi connectivity index (χ1n) is 9.60. The van der Waals surface area contributed by atoms with Gasteiger partial charge < -0.3 is 10.1 Å². The molecule has 0 aliphatic heterocycles. The van der Waals surface area contributed by atoms with Crippen LogP contribution < -0.4 is 10.1 Å². The van der Waals surface area contributed by atoms with Gasteiger partial charge in [0.2, 0.25) is 0 Å². The molecule has 0 unspecified atom stereocenters. The van der Waals surface area contributed by atoms with Crippen molar-refractivity contribution in [1.82, 2.24) is 25.3 Å². The van der Waals surface area contributed by atoms with Crippen LogP contribution in [-0.2, 0) is 6.54 Å². The number of nitrogens with one attached hydrogen (secondary N) is 1. The lowest BCUT2D eigenvalue weighted by atomic mass is 10.1. The maximum atomic E-state index is 13.8. The zero-order valence-electron chi connectivity index (χ0n) is 17.0. The Balaban J connectivity index is 1.69. The fourth-order valence-electron chi connectivity index (χ4n) is 3.19. The monoisotopic (exact) mass is 417 g/mol. The molecule has 0 spiro atoms. The number of hydrogen-bond acceptors (Lipinski definition) is 5. The standard InChI is InChI=1S/C23H20FN5O2/c1-15-12-18(6-7-20(15)24)29-22(17-8-10-25-11-9-17)21(27-28-29)23(30)26-14-16-4-3-5-19(13-16)31-2/h3-13H,14H2,1-2H3,(H,26,30). The van der Waals surface area contributed by atoms with E-state index in [2.05, 4.69) is 20.6 Å². The highest BCUT2D eigenvalue weighted by Gasteiger charge is 2.22. The Morgan fingerprint density at radius 1 is 1.13 bits per heavy atom. The molecule has 0 radical (unpaired) electrons. The predicted molar refractivity (Wildman–Crippen MR) is 113 cm³/mol. The molecule has 2 aromatic carbocycles. The van der Waals surface area contributed by atoms with Crippen LogP contribution in [0.15, 0.2) is 67.0 Å². The molecule has 2 heterocycles. The van der Waals surface area contributed by atoms with E-state index in [-0.39, 0.29) is 17.4 Å². The third-order valence-electron chi connectivity index (χ3n) is 4.81. The van der Waals surface area contributed by atoms with E-state index < -0.39 is 0 Å². The van der Waals surface area contributed by atoms with Gasteiger partial charge in [-0.1, -0.05) is 17.3 Å². The van der Waals surface area contributed by atoms with Gasteiger partial charge in [0.05, 0.1) is 12.8 Å². The molecule has 0 fully saturated rings. The molecular formula is C23H20FN5O2. The summed E-state index contributed by atoms with van der Waals surface area (Å²) >= 11 is 0. The van der Waals surface area contributed by atoms with Crippen LogP contribution in [0.25, 0.3) is 16.9 Å². The normalized spacial score (nSPS) is 10.7. The Kier molecular flexibility index (Phi) is 5.70. The average molecular weight is 417 g/mol. The number of carbonyl (C=O) groups is 1. The second kappa shape index (κ2) is 8.74. The van der Waals surface area contributed by atoms with Crippen LogP contribution in [0.4, 0.5) is 4.39 Å². The lowest BCUT2D eigenvalue weighted by Gasteiger charge is -2.10. The Hall–Kier alpha value is -4.07. The minimum Gasteiger partial charge on any atom is -0.497 e. The largest absolute Gasteiger partial charge is 0.497 e. The van der Waals surface area contributed by atoms with Crippen LogP contribution in [0.5, 0.6) is 5.75 Å². The van der Waals surface area contributed by atoms with Crippen molar-refractivity contribution < 1.29 is 13.9 Å². The molecular weight excluding hydrogens is 397 g/mol. The number of halogens is 1. The number of nitrogens with zero attached hydrogens (tertiary/aromatic N) is 4. The van der Waals surface area contributed by atoms with Crippen molar-refractivity contribution in [3.63, 3.8) is 0 Å². The number of carbonyl (C=O) groups excluding carboxylic acids is 1. The van der Waals surface area contributed by atoms with Crippen molar-refractivity contribution in [3.05, 3.63) is 89.6 Å². The number of hydrogen-bond donors (Lipinski definition) is 1. The predicted octanol–water partition coefficient (Wildman–Crippen LogP) is 3.72. The molecule has 7 nitrogen and oxygen atoms in total. The molecule has 1 amide bonds. The fraction of sp³-hybridized carbons (Fsp3) is 0.130. The van der Waals surface area contributed by atoms with Crippen LogP contribution in [0.3, 0.4) is 0 Å². The third-order valence-corrected chi connectivity index (χ3v) is 4.81. The van der Waals surface area contributed by atoms with Gasteiger partial charge >= 0.3 is 0 Å². The average Bonchev–Trinajstić information content (AvgIpc) is 3.25. The van der Waals surface area contributed by atoms with Gasteiger partial charge in [-0.2, -0.15) is 0 Å². The summed E-state index contributed by atoms with van der Waals surface area (Å²) in [6.07, 6.45) is 3.25. The highest BCUT2D eigenvalue weighted by atomic mass is 19.1. The number of methoxy groups -OCH3 is 1. The van der Waals surface area contributed by atoms with Crippen molar-refractivity contribution in [2.75, 3.05) is 7.11 Å². The van der Waals surface area contributed by atoms with Crippen LogP contribution in [0.2, 0.25) is 0 Å². The first-order chi connectivity index (χ1) is 15.1. The second-order valence-electron chi connectivity index (χ2n) is 6.90. The van der Waals surface area contributed by atoms with Crippen molar-refractivity contribution in [2.24, 2.45) is 0 Å². The first-order valence-corrected chi connectivity index (χ1v) is 9.60. The molecule has 1 N–H and O–H groups in total. The van der Waals surface area contributed by atoms with Crippen molar-refractivity contribution >= 4 is 5.91 Å². The Labute approximate surface area is 178 Å². The summed E-state index contributed by atoms with van der Waals surface area (Å²) < 4.78 is 20.5. The first kappa shape index (κ1) is 20.2. The Morgan fingerprint density at radius 2 is 1.94 bits per heavy atom.